The van der Waals surface area contributed by atoms with Gasteiger partial charge < -0.3 is 14.2 Å². The number of nitrogens with zero attached hydrogens (tertiary/aromatic N) is 1. The Labute approximate surface area is 168 Å². The van der Waals surface area contributed by atoms with Crippen molar-refractivity contribution in [3.05, 3.63) is 48.5 Å². The first-order chi connectivity index (χ1) is 13.6. The van der Waals surface area contributed by atoms with Crippen LogP contribution in [-0.4, -0.2) is 36.5 Å². The highest BCUT2D eigenvalue weighted by atomic mass is 32.2. The second-order valence-corrected chi connectivity index (χ2v) is 7.91. The third-order valence-corrected chi connectivity index (χ3v) is 5.87. The minimum absolute atomic E-state index is 0.0563. The third kappa shape index (κ3) is 3.52. The number of hydrogen-bond donors (Lipinski definition) is 0. The van der Waals surface area contributed by atoms with Crippen molar-refractivity contribution in [3.63, 3.8) is 0 Å². The molecule has 0 bridgehead atoms. The van der Waals surface area contributed by atoms with Crippen LogP contribution in [0.5, 0.6) is 11.5 Å². The van der Waals surface area contributed by atoms with Gasteiger partial charge in [0.25, 0.3) is 0 Å². The number of benzene rings is 2. The summed E-state index contributed by atoms with van der Waals surface area (Å²) >= 11 is 1.45. The zero-order valence-corrected chi connectivity index (χ0v) is 16.8. The van der Waals surface area contributed by atoms with Crippen molar-refractivity contribution in [2.45, 2.75) is 29.7 Å². The molecule has 2 aromatic carbocycles. The van der Waals surface area contributed by atoms with Gasteiger partial charge in [0, 0.05) is 18.6 Å². The number of hydrogen-bond acceptors (Lipinski definition) is 6. The first-order valence-corrected chi connectivity index (χ1v) is 9.96. The fraction of sp³-hybridized carbons (Fsp3) is 0.273. The second-order valence-electron chi connectivity index (χ2n) is 6.69. The standard InChI is InChI=1S/C22H21NO4S/c1-13-9-19(22(24)27-13)28-20-12-16(14-7-5-4-6-8-14)21-17(23-20)10-15(25-2)11-18(21)26-3/h4-8,10-13,19H,9H2,1-3H3/t13-,19+/m1/s1. The Balaban J connectivity index is 1.89. The number of carbonyl (C=O) groups excluding carboxylic acids is 1. The summed E-state index contributed by atoms with van der Waals surface area (Å²) in [4.78, 5) is 16.9. The molecule has 28 heavy (non-hydrogen) atoms. The highest BCUT2D eigenvalue weighted by molar-refractivity contribution is 8.00. The molecule has 1 aliphatic rings. The Hall–Kier alpha value is -2.73. The minimum atomic E-state index is -0.240. The molecule has 0 amide bonds. The van der Waals surface area contributed by atoms with Crippen LogP contribution in [-0.2, 0) is 9.53 Å². The van der Waals surface area contributed by atoms with Gasteiger partial charge in [-0.1, -0.05) is 42.1 Å². The fourth-order valence-corrected chi connectivity index (χ4v) is 4.58. The molecular formula is C22H21NO4S. The average Bonchev–Trinajstić information content (AvgIpc) is 3.03. The van der Waals surface area contributed by atoms with E-state index in [1.165, 1.54) is 11.8 Å². The number of carbonyl (C=O) groups is 1. The van der Waals surface area contributed by atoms with Crippen molar-refractivity contribution in [1.29, 1.82) is 0 Å². The van der Waals surface area contributed by atoms with Gasteiger partial charge in [-0.2, -0.15) is 0 Å². The number of ether oxygens (including phenoxy) is 3. The molecule has 2 heterocycles. The topological polar surface area (TPSA) is 57.7 Å². The average molecular weight is 395 g/mol. The summed E-state index contributed by atoms with van der Waals surface area (Å²) in [6.45, 7) is 1.91. The SMILES string of the molecule is COc1cc(OC)c2c(-c3ccccc3)cc(S[C@H]3C[C@@H](C)OC3=O)nc2c1. The number of esters is 1. The van der Waals surface area contributed by atoms with Gasteiger partial charge in [0.15, 0.2) is 0 Å². The van der Waals surface area contributed by atoms with Crippen molar-refractivity contribution in [2.24, 2.45) is 0 Å². The third-order valence-electron chi connectivity index (χ3n) is 4.75. The lowest BCUT2D eigenvalue weighted by atomic mass is 10.0. The molecule has 2 atom stereocenters. The molecule has 0 spiro atoms. The van der Waals surface area contributed by atoms with Crippen LogP contribution >= 0.6 is 11.8 Å². The van der Waals surface area contributed by atoms with Crippen molar-refractivity contribution in [1.82, 2.24) is 4.98 Å². The van der Waals surface area contributed by atoms with E-state index >= 15 is 0 Å². The van der Waals surface area contributed by atoms with Crippen LogP contribution in [0, 0.1) is 0 Å². The van der Waals surface area contributed by atoms with Crippen LogP contribution in [0.2, 0.25) is 0 Å². The van der Waals surface area contributed by atoms with Gasteiger partial charge in [0.05, 0.1) is 30.1 Å². The fourth-order valence-electron chi connectivity index (χ4n) is 3.43. The van der Waals surface area contributed by atoms with Gasteiger partial charge in [0.2, 0.25) is 0 Å². The lowest BCUT2D eigenvalue weighted by Gasteiger charge is -2.15. The predicted octanol–water partition coefficient (Wildman–Crippen LogP) is 4.72. The molecule has 144 valence electrons. The van der Waals surface area contributed by atoms with Crippen LogP contribution in [0.15, 0.2) is 53.6 Å². The highest BCUT2D eigenvalue weighted by Crippen LogP contribution is 2.41. The van der Waals surface area contributed by atoms with E-state index in [-0.39, 0.29) is 17.3 Å². The molecule has 5 nitrogen and oxygen atoms in total. The summed E-state index contributed by atoms with van der Waals surface area (Å²) in [5.74, 6) is 1.20. The van der Waals surface area contributed by atoms with E-state index in [0.717, 1.165) is 27.1 Å². The van der Waals surface area contributed by atoms with E-state index < -0.39 is 0 Å². The molecule has 1 saturated heterocycles. The normalized spacial score (nSPS) is 18.9. The predicted molar refractivity (Wildman–Crippen MR) is 110 cm³/mol. The molecule has 3 aromatic rings. The number of cyclic esters (lactones) is 1. The molecule has 4 rings (SSSR count). The summed E-state index contributed by atoms with van der Waals surface area (Å²) in [6, 6.07) is 15.9. The number of aromatic nitrogens is 1. The van der Waals surface area contributed by atoms with Crippen molar-refractivity contribution in [2.75, 3.05) is 14.2 Å². The Morgan fingerprint density at radius 3 is 2.54 bits per heavy atom. The number of pyridine rings is 1. The van der Waals surface area contributed by atoms with E-state index in [4.69, 9.17) is 19.2 Å². The molecule has 1 aromatic heterocycles. The number of methoxy groups -OCH3 is 2. The van der Waals surface area contributed by atoms with Gasteiger partial charge in [0.1, 0.15) is 22.9 Å². The van der Waals surface area contributed by atoms with Crippen molar-refractivity contribution < 1.29 is 19.0 Å². The number of rotatable bonds is 5. The maximum absolute atomic E-state index is 12.1. The van der Waals surface area contributed by atoms with Crippen LogP contribution < -0.4 is 9.47 Å². The van der Waals surface area contributed by atoms with Crippen molar-refractivity contribution in [3.8, 4) is 22.6 Å². The first kappa shape index (κ1) is 18.6. The van der Waals surface area contributed by atoms with Crippen LogP contribution in [0.4, 0.5) is 0 Å². The van der Waals surface area contributed by atoms with E-state index in [1.54, 1.807) is 14.2 Å². The molecular weight excluding hydrogens is 374 g/mol. The molecule has 1 aliphatic heterocycles. The van der Waals surface area contributed by atoms with Crippen LogP contribution in [0.1, 0.15) is 13.3 Å². The van der Waals surface area contributed by atoms with Gasteiger partial charge in [-0.05, 0) is 24.1 Å². The Bertz CT molecular complexity index is 1020. The maximum Gasteiger partial charge on any atom is 0.319 e. The van der Waals surface area contributed by atoms with E-state index in [2.05, 4.69) is 12.1 Å². The molecule has 1 fully saturated rings. The maximum atomic E-state index is 12.1. The lowest BCUT2D eigenvalue weighted by molar-refractivity contribution is -0.140. The summed E-state index contributed by atoms with van der Waals surface area (Å²) in [5, 5.41) is 1.45. The highest BCUT2D eigenvalue weighted by Gasteiger charge is 2.33. The summed E-state index contributed by atoms with van der Waals surface area (Å²) in [6.07, 6.45) is 0.630. The van der Waals surface area contributed by atoms with Gasteiger partial charge in [-0.15, -0.1) is 0 Å². The van der Waals surface area contributed by atoms with Gasteiger partial charge >= 0.3 is 5.97 Å². The summed E-state index contributed by atoms with van der Waals surface area (Å²) < 4.78 is 16.3. The second kappa shape index (κ2) is 7.72. The number of fused-ring (bicyclic) bond motifs is 1. The summed E-state index contributed by atoms with van der Waals surface area (Å²) in [7, 11) is 3.26. The summed E-state index contributed by atoms with van der Waals surface area (Å²) in [5.41, 5.74) is 2.83. The first-order valence-electron chi connectivity index (χ1n) is 9.08. The molecule has 0 aliphatic carbocycles. The molecule has 0 radical (unpaired) electrons. The van der Waals surface area contributed by atoms with Gasteiger partial charge in [-0.25, -0.2) is 4.98 Å². The zero-order chi connectivity index (χ0) is 19.7. The van der Waals surface area contributed by atoms with Gasteiger partial charge in [-0.3, -0.25) is 4.79 Å². The largest absolute Gasteiger partial charge is 0.497 e. The molecule has 0 saturated carbocycles. The zero-order valence-electron chi connectivity index (χ0n) is 16.0. The molecule has 0 unspecified atom stereocenters. The van der Waals surface area contributed by atoms with Crippen LogP contribution in [0.3, 0.4) is 0 Å². The smallest absolute Gasteiger partial charge is 0.319 e. The number of thioether (sulfide) groups is 1. The lowest BCUT2D eigenvalue weighted by Crippen LogP contribution is -2.09. The minimum Gasteiger partial charge on any atom is -0.497 e. The quantitative estimate of drug-likeness (QED) is 0.583. The van der Waals surface area contributed by atoms with Crippen LogP contribution in [0.25, 0.3) is 22.0 Å². The van der Waals surface area contributed by atoms with E-state index in [0.29, 0.717) is 17.9 Å². The Kier molecular flexibility index (Phi) is 5.13. The molecule has 6 heteroatoms. The van der Waals surface area contributed by atoms with Crippen molar-refractivity contribution >= 4 is 28.6 Å². The molecule has 0 N–H and O–H groups in total. The Morgan fingerprint density at radius 2 is 1.89 bits per heavy atom. The van der Waals surface area contributed by atoms with E-state index in [9.17, 15) is 4.79 Å². The Morgan fingerprint density at radius 1 is 1.11 bits per heavy atom. The monoisotopic (exact) mass is 395 g/mol. The van der Waals surface area contributed by atoms with E-state index in [1.807, 2.05) is 43.3 Å².